The summed E-state index contributed by atoms with van der Waals surface area (Å²) in [5, 5.41) is 9.66. The lowest BCUT2D eigenvalue weighted by Gasteiger charge is -2.06. The second-order valence-electron chi connectivity index (χ2n) is 3.87. The van der Waals surface area contributed by atoms with Crippen LogP contribution in [0, 0.1) is 11.3 Å². The molecule has 1 heterocycles. The van der Waals surface area contributed by atoms with Crippen molar-refractivity contribution < 1.29 is 4.74 Å². The highest BCUT2D eigenvalue weighted by atomic mass is 32.2. The van der Waals surface area contributed by atoms with Gasteiger partial charge in [-0.25, -0.2) is 4.98 Å². The molecule has 0 atom stereocenters. The van der Waals surface area contributed by atoms with Crippen molar-refractivity contribution >= 4 is 11.8 Å². The number of hydrogen-bond donors (Lipinski definition) is 1. The van der Waals surface area contributed by atoms with Crippen LogP contribution in [-0.4, -0.2) is 22.8 Å². The van der Waals surface area contributed by atoms with E-state index in [-0.39, 0.29) is 5.56 Å². The smallest absolute Gasteiger partial charge is 0.270 e. The van der Waals surface area contributed by atoms with E-state index >= 15 is 0 Å². The second kappa shape index (κ2) is 6.26. The number of hydrogen-bond acceptors (Lipinski definition) is 5. The standard InChI is InChI=1S/C14H13N3O2S/c1-3-20-14-16-12(11(8-15)13(18)17-14)9-4-6-10(19-2)7-5-9/h4-7H,3H2,1-2H3,(H,16,17,18). The van der Waals surface area contributed by atoms with E-state index in [1.807, 2.05) is 13.0 Å². The van der Waals surface area contributed by atoms with Crippen molar-refractivity contribution in [2.75, 3.05) is 12.9 Å². The number of ether oxygens (including phenoxy) is 1. The van der Waals surface area contributed by atoms with Crippen molar-refractivity contribution in [2.45, 2.75) is 12.1 Å². The third-order valence-electron chi connectivity index (χ3n) is 2.65. The Morgan fingerprint density at radius 1 is 1.40 bits per heavy atom. The molecule has 0 aliphatic carbocycles. The lowest BCUT2D eigenvalue weighted by atomic mass is 10.1. The summed E-state index contributed by atoms with van der Waals surface area (Å²) < 4.78 is 5.09. The molecule has 0 bridgehead atoms. The first kappa shape index (κ1) is 14.2. The van der Waals surface area contributed by atoms with Gasteiger partial charge in [-0.15, -0.1) is 0 Å². The average Bonchev–Trinajstić information content (AvgIpc) is 2.47. The number of thioether (sulfide) groups is 1. The molecule has 0 saturated heterocycles. The highest BCUT2D eigenvalue weighted by Crippen LogP contribution is 2.23. The fourth-order valence-electron chi connectivity index (χ4n) is 1.72. The molecule has 0 fully saturated rings. The van der Waals surface area contributed by atoms with Gasteiger partial charge in [0.15, 0.2) is 5.16 Å². The van der Waals surface area contributed by atoms with Crippen LogP contribution >= 0.6 is 11.8 Å². The van der Waals surface area contributed by atoms with Crippen molar-refractivity contribution in [3.8, 4) is 23.1 Å². The summed E-state index contributed by atoms with van der Waals surface area (Å²) in [5.74, 6) is 1.50. The summed E-state index contributed by atoms with van der Waals surface area (Å²) in [4.78, 5) is 18.9. The molecule has 0 amide bonds. The van der Waals surface area contributed by atoms with E-state index in [0.717, 1.165) is 5.75 Å². The minimum Gasteiger partial charge on any atom is -0.497 e. The summed E-state index contributed by atoms with van der Waals surface area (Å²) in [6, 6.07) is 9.01. The number of methoxy groups -OCH3 is 1. The normalized spacial score (nSPS) is 10.1. The Balaban J connectivity index is 2.58. The molecule has 1 N–H and O–H groups in total. The molecule has 0 spiro atoms. The number of H-pyrrole nitrogens is 1. The molecule has 20 heavy (non-hydrogen) atoms. The molecule has 0 aliphatic heterocycles. The van der Waals surface area contributed by atoms with Gasteiger partial charge in [-0.2, -0.15) is 5.26 Å². The van der Waals surface area contributed by atoms with E-state index in [0.29, 0.717) is 22.2 Å². The van der Waals surface area contributed by atoms with Gasteiger partial charge < -0.3 is 9.72 Å². The van der Waals surface area contributed by atoms with Crippen molar-refractivity contribution in [2.24, 2.45) is 0 Å². The maximum Gasteiger partial charge on any atom is 0.270 e. The van der Waals surface area contributed by atoms with Gasteiger partial charge in [0.1, 0.15) is 17.4 Å². The van der Waals surface area contributed by atoms with Crippen LogP contribution in [0.1, 0.15) is 12.5 Å². The van der Waals surface area contributed by atoms with Crippen LogP contribution in [0.4, 0.5) is 0 Å². The van der Waals surface area contributed by atoms with Crippen LogP contribution in [0.15, 0.2) is 34.2 Å². The molecule has 6 heteroatoms. The van der Waals surface area contributed by atoms with Crippen LogP contribution in [0.2, 0.25) is 0 Å². The monoisotopic (exact) mass is 287 g/mol. The van der Waals surface area contributed by atoms with E-state index in [1.165, 1.54) is 11.8 Å². The molecule has 2 aromatic rings. The van der Waals surface area contributed by atoms with Crippen LogP contribution in [0.25, 0.3) is 11.3 Å². The molecule has 0 aliphatic rings. The van der Waals surface area contributed by atoms with Crippen molar-refractivity contribution in [3.05, 3.63) is 40.2 Å². The van der Waals surface area contributed by atoms with E-state index in [4.69, 9.17) is 10.00 Å². The predicted molar refractivity (Wildman–Crippen MR) is 78.0 cm³/mol. The average molecular weight is 287 g/mol. The van der Waals surface area contributed by atoms with Crippen LogP contribution in [0.5, 0.6) is 5.75 Å². The summed E-state index contributed by atoms with van der Waals surface area (Å²) in [6.07, 6.45) is 0. The lowest BCUT2D eigenvalue weighted by molar-refractivity contribution is 0.415. The van der Waals surface area contributed by atoms with Gasteiger partial charge in [-0.1, -0.05) is 18.7 Å². The fraction of sp³-hybridized carbons (Fsp3) is 0.214. The molecule has 1 aromatic carbocycles. The highest BCUT2D eigenvalue weighted by Gasteiger charge is 2.13. The minimum atomic E-state index is -0.413. The van der Waals surface area contributed by atoms with Crippen molar-refractivity contribution in [1.29, 1.82) is 5.26 Å². The molecular weight excluding hydrogens is 274 g/mol. The zero-order valence-corrected chi connectivity index (χ0v) is 12.0. The molecule has 0 radical (unpaired) electrons. The van der Waals surface area contributed by atoms with Gasteiger partial charge in [0.25, 0.3) is 5.56 Å². The topological polar surface area (TPSA) is 78.8 Å². The number of rotatable bonds is 4. The Morgan fingerprint density at radius 2 is 2.10 bits per heavy atom. The first-order valence-electron chi connectivity index (χ1n) is 6.01. The molecule has 2 rings (SSSR count). The number of nitriles is 1. The number of aromatic amines is 1. The molecule has 0 saturated carbocycles. The number of aromatic nitrogens is 2. The van der Waals surface area contributed by atoms with Gasteiger partial charge >= 0.3 is 0 Å². The van der Waals surface area contributed by atoms with Gasteiger partial charge in [0.2, 0.25) is 0 Å². The first-order chi connectivity index (χ1) is 9.69. The van der Waals surface area contributed by atoms with Crippen LogP contribution in [-0.2, 0) is 0 Å². The van der Waals surface area contributed by atoms with E-state index in [1.54, 1.807) is 31.4 Å². The molecular formula is C14H13N3O2S. The van der Waals surface area contributed by atoms with Gasteiger partial charge in [0.05, 0.1) is 12.8 Å². The Kier molecular flexibility index (Phi) is 4.43. The van der Waals surface area contributed by atoms with Crippen LogP contribution in [0.3, 0.4) is 0 Å². The fourth-order valence-corrected chi connectivity index (χ4v) is 2.31. The largest absolute Gasteiger partial charge is 0.497 e. The highest BCUT2D eigenvalue weighted by molar-refractivity contribution is 7.99. The van der Waals surface area contributed by atoms with Crippen LogP contribution < -0.4 is 10.3 Å². The number of nitrogens with zero attached hydrogens (tertiary/aromatic N) is 2. The first-order valence-corrected chi connectivity index (χ1v) is 6.99. The third kappa shape index (κ3) is 2.83. The van der Waals surface area contributed by atoms with Crippen molar-refractivity contribution in [1.82, 2.24) is 9.97 Å². The SMILES string of the molecule is CCSc1nc(-c2ccc(OC)cc2)c(C#N)c(=O)[nH]1. The summed E-state index contributed by atoms with van der Waals surface area (Å²) >= 11 is 1.42. The Hall–Kier alpha value is -2.26. The maximum atomic E-state index is 11.9. The van der Waals surface area contributed by atoms with Gasteiger partial charge in [-0.05, 0) is 30.0 Å². The second-order valence-corrected chi connectivity index (χ2v) is 5.12. The molecule has 102 valence electrons. The minimum absolute atomic E-state index is 0.0237. The summed E-state index contributed by atoms with van der Waals surface area (Å²) in [5.41, 5.74) is 0.723. The quantitative estimate of drug-likeness (QED) is 0.690. The van der Waals surface area contributed by atoms with Gasteiger partial charge in [0, 0.05) is 5.56 Å². The lowest BCUT2D eigenvalue weighted by Crippen LogP contribution is -2.14. The molecule has 5 nitrogen and oxygen atoms in total. The Morgan fingerprint density at radius 3 is 2.65 bits per heavy atom. The third-order valence-corrected chi connectivity index (χ3v) is 3.41. The Bertz CT molecular complexity index is 702. The number of nitrogens with one attached hydrogen (secondary N) is 1. The zero-order valence-electron chi connectivity index (χ0n) is 11.1. The Labute approximate surface area is 120 Å². The molecule has 0 unspecified atom stereocenters. The maximum absolute atomic E-state index is 11.9. The summed E-state index contributed by atoms with van der Waals surface area (Å²) in [6.45, 7) is 1.97. The van der Waals surface area contributed by atoms with Crippen molar-refractivity contribution in [3.63, 3.8) is 0 Å². The zero-order chi connectivity index (χ0) is 14.5. The van der Waals surface area contributed by atoms with E-state index < -0.39 is 5.56 Å². The predicted octanol–water partition coefficient (Wildman–Crippen LogP) is 2.43. The molecule has 1 aromatic heterocycles. The van der Waals surface area contributed by atoms with E-state index in [2.05, 4.69) is 9.97 Å². The van der Waals surface area contributed by atoms with Gasteiger partial charge in [-0.3, -0.25) is 4.79 Å². The summed E-state index contributed by atoms with van der Waals surface area (Å²) in [7, 11) is 1.58. The number of benzene rings is 1. The van der Waals surface area contributed by atoms with E-state index in [9.17, 15) is 4.79 Å².